The Balaban J connectivity index is 1.81. The second kappa shape index (κ2) is 6.60. The first-order valence-electron chi connectivity index (χ1n) is 7.82. The molecule has 0 radical (unpaired) electrons. The third-order valence-corrected chi connectivity index (χ3v) is 5.19. The van der Waals surface area contributed by atoms with E-state index in [2.05, 4.69) is 10.4 Å². The number of amides is 2. The van der Waals surface area contributed by atoms with Crippen LogP contribution in [0.4, 0.5) is 5.69 Å². The number of nitrogens with two attached hydrogens (primary N) is 1. The van der Waals surface area contributed by atoms with E-state index in [1.54, 1.807) is 34.1 Å². The van der Waals surface area contributed by atoms with E-state index in [4.69, 9.17) is 5.73 Å². The third-order valence-electron chi connectivity index (χ3n) is 4.12. The van der Waals surface area contributed by atoms with Crippen molar-refractivity contribution in [2.24, 2.45) is 0 Å². The lowest BCUT2D eigenvalue weighted by Gasteiger charge is -2.34. The topological polar surface area (TPSA) is 79.5 Å². The molecule has 126 valence electrons. The fraction of sp³-hybridized carbons (Fsp3) is 0.353. The number of piperazine rings is 1. The Morgan fingerprint density at radius 2 is 1.83 bits per heavy atom. The molecular weight excluding hydrogens is 324 g/mol. The molecule has 1 aliphatic rings. The van der Waals surface area contributed by atoms with Gasteiger partial charge in [-0.1, -0.05) is 0 Å². The summed E-state index contributed by atoms with van der Waals surface area (Å²) in [6, 6.07) is 5.62. The lowest BCUT2D eigenvalue weighted by molar-refractivity contribution is -0.130. The molecule has 0 aromatic carbocycles. The van der Waals surface area contributed by atoms with Crippen molar-refractivity contribution in [1.29, 1.82) is 0 Å². The summed E-state index contributed by atoms with van der Waals surface area (Å²) in [6.07, 6.45) is 0. The van der Waals surface area contributed by atoms with E-state index in [0.717, 1.165) is 10.6 Å². The van der Waals surface area contributed by atoms with Crippen LogP contribution < -0.4 is 5.73 Å². The number of carbonyl (C=O) groups excluding carboxylic acids is 2. The Morgan fingerprint density at radius 1 is 1.17 bits per heavy atom. The minimum atomic E-state index is -0.175. The van der Waals surface area contributed by atoms with Crippen molar-refractivity contribution in [2.45, 2.75) is 13.8 Å². The van der Waals surface area contributed by atoms with Gasteiger partial charge in [-0.3, -0.25) is 9.59 Å². The van der Waals surface area contributed by atoms with Crippen LogP contribution in [0, 0.1) is 6.92 Å². The molecule has 3 heterocycles. The fourth-order valence-electron chi connectivity index (χ4n) is 2.72. The summed E-state index contributed by atoms with van der Waals surface area (Å²) in [7, 11) is 0. The van der Waals surface area contributed by atoms with Crippen molar-refractivity contribution in [2.75, 3.05) is 31.9 Å². The van der Waals surface area contributed by atoms with Gasteiger partial charge in [-0.15, -0.1) is 11.3 Å². The lowest BCUT2D eigenvalue weighted by atomic mass is 10.2. The Kier molecular flexibility index (Phi) is 4.53. The zero-order chi connectivity index (χ0) is 17.3. The number of pyridine rings is 1. The summed E-state index contributed by atoms with van der Waals surface area (Å²) >= 11 is 1.60. The van der Waals surface area contributed by atoms with Gasteiger partial charge >= 0.3 is 0 Å². The van der Waals surface area contributed by atoms with Gasteiger partial charge in [-0.05, 0) is 36.1 Å². The minimum absolute atomic E-state index is 0.0369. The Hall–Kier alpha value is -2.41. The van der Waals surface area contributed by atoms with Gasteiger partial charge in [0.1, 0.15) is 0 Å². The summed E-state index contributed by atoms with van der Waals surface area (Å²) in [6.45, 7) is 5.67. The predicted molar refractivity (Wildman–Crippen MR) is 94.9 cm³/mol. The molecule has 24 heavy (non-hydrogen) atoms. The maximum atomic E-state index is 12.8. The molecule has 6 nitrogen and oxygen atoms in total. The average Bonchev–Trinajstić information content (AvgIpc) is 3.01. The van der Waals surface area contributed by atoms with Gasteiger partial charge in [0, 0.05) is 33.1 Å². The fourth-order valence-corrected chi connectivity index (χ4v) is 3.59. The number of thiophene rings is 1. The van der Waals surface area contributed by atoms with Crippen molar-refractivity contribution in [3.63, 3.8) is 0 Å². The number of anilines is 1. The molecule has 2 N–H and O–H groups in total. The maximum absolute atomic E-state index is 12.8. The van der Waals surface area contributed by atoms with Gasteiger partial charge in [0.25, 0.3) is 5.91 Å². The first kappa shape index (κ1) is 16.4. The highest BCUT2D eigenvalue weighted by Gasteiger charge is 2.25. The van der Waals surface area contributed by atoms with E-state index < -0.39 is 0 Å². The van der Waals surface area contributed by atoms with Crippen LogP contribution in [0.15, 0.2) is 23.6 Å². The SMILES string of the molecule is CC(=O)N1CCN(C(=O)c2nc(-c3cc(C)cs3)ccc2N)CC1. The van der Waals surface area contributed by atoms with Crippen LogP contribution in [0.3, 0.4) is 0 Å². The summed E-state index contributed by atoms with van der Waals surface area (Å²) in [5, 5.41) is 2.05. The van der Waals surface area contributed by atoms with Crippen molar-refractivity contribution in [1.82, 2.24) is 14.8 Å². The van der Waals surface area contributed by atoms with Crippen LogP contribution >= 0.6 is 11.3 Å². The molecular formula is C17H20N4O2S. The second-order valence-corrected chi connectivity index (χ2v) is 6.83. The number of hydrogen-bond donors (Lipinski definition) is 1. The van der Waals surface area contributed by atoms with E-state index in [-0.39, 0.29) is 17.5 Å². The van der Waals surface area contributed by atoms with E-state index in [1.165, 1.54) is 5.56 Å². The molecule has 1 saturated heterocycles. The van der Waals surface area contributed by atoms with Crippen molar-refractivity contribution in [3.05, 3.63) is 34.8 Å². The van der Waals surface area contributed by atoms with Gasteiger partial charge in [-0.2, -0.15) is 0 Å². The molecule has 2 amide bonds. The monoisotopic (exact) mass is 344 g/mol. The highest BCUT2D eigenvalue weighted by Crippen LogP contribution is 2.27. The normalized spacial score (nSPS) is 14.8. The summed E-state index contributed by atoms with van der Waals surface area (Å²) in [4.78, 5) is 33.1. The molecule has 0 bridgehead atoms. The predicted octanol–water partition coefficient (Wildman–Crippen LogP) is 2.01. The average molecular weight is 344 g/mol. The molecule has 7 heteroatoms. The summed E-state index contributed by atoms with van der Waals surface area (Å²) in [5.41, 5.74) is 8.58. The molecule has 0 aliphatic carbocycles. The van der Waals surface area contributed by atoms with Crippen molar-refractivity contribution in [3.8, 4) is 10.6 Å². The van der Waals surface area contributed by atoms with E-state index in [0.29, 0.717) is 31.9 Å². The van der Waals surface area contributed by atoms with Crippen molar-refractivity contribution >= 4 is 28.8 Å². The molecule has 0 atom stereocenters. The molecule has 0 unspecified atom stereocenters. The van der Waals surface area contributed by atoms with E-state index >= 15 is 0 Å². The Labute approximate surface area is 144 Å². The van der Waals surface area contributed by atoms with Crippen molar-refractivity contribution < 1.29 is 9.59 Å². The molecule has 2 aromatic rings. The number of aromatic nitrogens is 1. The number of nitrogen functional groups attached to an aromatic ring is 1. The van der Waals surface area contributed by atoms with E-state index in [9.17, 15) is 9.59 Å². The van der Waals surface area contributed by atoms with E-state index in [1.807, 2.05) is 19.1 Å². The quantitative estimate of drug-likeness (QED) is 0.904. The third kappa shape index (κ3) is 3.26. The number of aryl methyl sites for hydroxylation is 1. The van der Waals surface area contributed by atoms with Crippen LogP contribution in [-0.4, -0.2) is 52.8 Å². The van der Waals surface area contributed by atoms with Gasteiger partial charge in [0.15, 0.2) is 5.69 Å². The second-order valence-electron chi connectivity index (χ2n) is 5.92. The van der Waals surface area contributed by atoms with Crippen LogP contribution in [-0.2, 0) is 4.79 Å². The molecule has 2 aromatic heterocycles. The summed E-state index contributed by atoms with van der Waals surface area (Å²) < 4.78 is 0. The Morgan fingerprint density at radius 3 is 2.42 bits per heavy atom. The van der Waals surface area contributed by atoms with Gasteiger partial charge in [-0.25, -0.2) is 4.98 Å². The zero-order valence-corrected chi connectivity index (χ0v) is 14.6. The number of hydrogen-bond acceptors (Lipinski definition) is 5. The van der Waals surface area contributed by atoms with Crippen LogP contribution in [0.25, 0.3) is 10.6 Å². The first-order chi connectivity index (χ1) is 11.5. The standard InChI is InChI=1S/C17H20N4O2S/c1-11-9-15(24-10-11)14-4-3-13(18)16(19-14)17(23)21-7-5-20(6-8-21)12(2)22/h3-4,9-10H,5-8,18H2,1-2H3. The van der Waals surface area contributed by atoms with Crippen LogP contribution in [0.1, 0.15) is 23.0 Å². The maximum Gasteiger partial charge on any atom is 0.274 e. The molecule has 1 aliphatic heterocycles. The molecule has 0 spiro atoms. The minimum Gasteiger partial charge on any atom is -0.397 e. The number of carbonyl (C=O) groups is 2. The lowest BCUT2D eigenvalue weighted by Crippen LogP contribution is -2.50. The Bertz CT molecular complexity index is 779. The zero-order valence-electron chi connectivity index (χ0n) is 13.8. The first-order valence-corrected chi connectivity index (χ1v) is 8.70. The molecule has 1 fully saturated rings. The highest BCUT2D eigenvalue weighted by molar-refractivity contribution is 7.13. The van der Waals surface area contributed by atoms with Gasteiger partial charge in [0.05, 0.1) is 16.3 Å². The smallest absolute Gasteiger partial charge is 0.274 e. The number of rotatable bonds is 2. The van der Waals surface area contributed by atoms with Gasteiger partial charge in [0.2, 0.25) is 5.91 Å². The van der Waals surface area contributed by atoms with Gasteiger partial charge < -0.3 is 15.5 Å². The highest BCUT2D eigenvalue weighted by atomic mass is 32.1. The number of nitrogens with zero attached hydrogens (tertiary/aromatic N) is 3. The summed E-state index contributed by atoms with van der Waals surface area (Å²) in [5.74, 6) is -0.138. The van der Waals surface area contributed by atoms with Crippen LogP contribution in [0.5, 0.6) is 0 Å². The molecule has 3 rings (SSSR count). The van der Waals surface area contributed by atoms with Crippen LogP contribution in [0.2, 0.25) is 0 Å². The molecule has 0 saturated carbocycles. The largest absolute Gasteiger partial charge is 0.397 e.